The Morgan fingerprint density at radius 2 is 1.89 bits per heavy atom. The van der Waals surface area contributed by atoms with Crippen molar-refractivity contribution in [3.05, 3.63) is 92.9 Å². The van der Waals surface area contributed by atoms with Crippen molar-refractivity contribution < 1.29 is 5.11 Å². The molecule has 0 spiro atoms. The van der Waals surface area contributed by atoms with Gasteiger partial charge in [-0.15, -0.1) is 0 Å². The Balaban J connectivity index is 1.81. The highest BCUT2D eigenvalue weighted by Crippen LogP contribution is 2.33. The molecule has 2 aromatic carbocycles. The van der Waals surface area contributed by atoms with Crippen LogP contribution >= 0.6 is 11.6 Å². The van der Waals surface area contributed by atoms with E-state index in [1.165, 1.54) is 10.8 Å². The highest BCUT2D eigenvalue weighted by molar-refractivity contribution is 6.37. The number of aromatic nitrogens is 1. The van der Waals surface area contributed by atoms with Gasteiger partial charge in [-0.2, -0.15) is 0 Å². The van der Waals surface area contributed by atoms with Gasteiger partial charge in [0.05, 0.1) is 12.2 Å². The van der Waals surface area contributed by atoms with Crippen LogP contribution in [0.2, 0.25) is 5.02 Å². The lowest BCUT2D eigenvalue weighted by Crippen LogP contribution is -2.40. The molecule has 0 saturated heterocycles. The van der Waals surface area contributed by atoms with Crippen molar-refractivity contribution in [2.45, 2.75) is 19.1 Å². The third-order valence-electron chi connectivity index (χ3n) is 5.24. The predicted molar refractivity (Wildman–Crippen MR) is 112 cm³/mol. The number of hydrogen-bond donors (Lipinski definition) is 1. The average molecular weight is 397 g/mol. The summed E-state index contributed by atoms with van der Waals surface area (Å²) in [5, 5.41) is 11.9. The number of pyridine rings is 1. The Morgan fingerprint density at radius 3 is 2.63 bits per heavy atom. The van der Waals surface area contributed by atoms with Gasteiger partial charge in [0.2, 0.25) is 5.43 Å². The fourth-order valence-corrected chi connectivity index (χ4v) is 4.88. The number of hydrogen-bond acceptors (Lipinski definition) is 3. The standard InChI is InChI=1S/C21H21ClN2O2Si/c22-16-7-4-8-20(27)15(16)12-24-10-9-23-13-19(26)18(25)11-17(23)21(24)14-5-2-1-3-6-14/h1-8,11,13,21,26H,9-10,12H2,27H3. The number of benzene rings is 2. The Kier molecular flexibility index (Phi) is 4.91. The first-order valence-corrected chi connectivity index (χ1v) is 10.4. The number of nitrogens with zero attached hydrogens (tertiary/aromatic N) is 2. The summed E-state index contributed by atoms with van der Waals surface area (Å²) in [6.45, 7) is 2.25. The molecule has 0 saturated carbocycles. The summed E-state index contributed by atoms with van der Waals surface area (Å²) < 4.78 is 1.99. The van der Waals surface area contributed by atoms with Gasteiger partial charge in [-0.25, -0.2) is 0 Å². The van der Waals surface area contributed by atoms with Crippen molar-refractivity contribution in [3.63, 3.8) is 0 Å². The van der Waals surface area contributed by atoms with Crippen molar-refractivity contribution in [2.75, 3.05) is 6.54 Å². The Morgan fingerprint density at radius 1 is 1.11 bits per heavy atom. The molecule has 27 heavy (non-hydrogen) atoms. The molecule has 0 bridgehead atoms. The first-order valence-electron chi connectivity index (χ1n) is 9.01. The van der Waals surface area contributed by atoms with E-state index in [4.69, 9.17) is 11.6 Å². The lowest BCUT2D eigenvalue weighted by molar-refractivity contribution is 0.172. The van der Waals surface area contributed by atoms with E-state index >= 15 is 0 Å². The molecule has 0 amide bonds. The second kappa shape index (κ2) is 7.35. The molecule has 1 atom stereocenters. The van der Waals surface area contributed by atoms with Gasteiger partial charge in [0.25, 0.3) is 0 Å². The number of fused-ring (bicyclic) bond motifs is 1. The smallest absolute Gasteiger partial charge is 0.223 e. The van der Waals surface area contributed by atoms with Gasteiger partial charge in [-0.1, -0.05) is 59.3 Å². The quantitative estimate of drug-likeness (QED) is 0.687. The predicted octanol–water partition coefficient (Wildman–Crippen LogP) is 1.80. The van der Waals surface area contributed by atoms with Crippen molar-refractivity contribution in [3.8, 4) is 5.75 Å². The molecule has 4 nitrogen and oxygen atoms in total. The maximum atomic E-state index is 12.1. The van der Waals surface area contributed by atoms with E-state index in [-0.39, 0.29) is 17.2 Å². The van der Waals surface area contributed by atoms with Crippen molar-refractivity contribution in [1.29, 1.82) is 0 Å². The minimum Gasteiger partial charge on any atom is -0.503 e. The second-order valence-corrected chi connectivity index (χ2v) is 8.44. The minimum atomic E-state index is -0.342. The van der Waals surface area contributed by atoms with Gasteiger partial charge >= 0.3 is 0 Å². The molecule has 1 unspecified atom stereocenters. The van der Waals surface area contributed by atoms with Crippen LogP contribution in [0.4, 0.5) is 0 Å². The van der Waals surface area contributed by atoms with Gasteiger partial charge in [-0.05, 0) is 17.2 Å². The van der Waals surface area contributed by atoms with Crippen LogP contribution in [-0.2, 0) is 13.1 Å². The summed E-state index contributed by atoms with van der Waals surface area (Å²) in [6, 6.07) is 17.7. The van der Waals surface area contributed by atoms with Gasteiger partial charge in [0.1, 0.15) is 0 Å². The number of halogens is 1. The average Bonchev–Trinajstić information content (AvgIpc) is 2.66. The van der Waals surface area contributed by atoms with Gasteiger partial charge in [0, 0.05) is 46.7 Å². The Hall–Kier alpha value is -2.34. The SMILES string of the molecule is O=c1cc2n(cc1O)CCN(Cc1c([SiH3])cccc1Cl)C2c1ccccc1. The summed E-state index contributed by atoms with van der Waals surface area (Å²) >= 11 is 6.50. The van der Waals surface area contributed by atoms with Crippen molar-refractivity contribution in [1.82, 2.24) is 9.47 Å². The van der Waals surface area contributed by atoms with Crippen molar-refractivity contribution in [2.24, 2.45) is 0 Å². The topological polar surface area (TPSA) is 45.5 Å². The number of aromatic hydroxyl groups is 1. The van der Waals surface area contributed by atoms with Crippen LogP contribution in [-0.4, -0.2) is 31.4 Å². The third-order valence-corrected chi connectivity index (χ3v) is 6.54. The first-order chi connectivity index (χ1) is 13.0. The maximum absolute atomic E-state index is 12.1. The van der Waals surface area contributed by atoms with E-state index in [0.717, 1.165) is 39.6 Å². The molecule has 6 heteroatoms. The summed E-state index contributed by atoms with van der Waals surface area (Å²) in [5.41, 5.74) is 2.85. The molecule has 0 aliphatic carbocycles. The summed E-state index contributed by atoms with van der Waals surface area (Å²) in [7, 11) is 0.932. The van der Waals surface area contributed by atoms with Gasteiger partial charge < -0.3 is 9.67 Å². The van der Waals surface area contributed by atoms with E-state index in [1.54, 1.807) is 12.3 Å². The maximum Gasteiger partial charge on any atom is 0.223 e. The Bertz CT molecular complexity index is 1020. The molecule has 1 aliphatic heterocycles. The fourth-order valence-electron chi connectivity index (χ4n) is 3.82. The van der Waals surface area contributed by atoms with Gasteiger partial charge in [0.15, 0.2) is 5.75 Å². The molecule has 1 aromatic heterocycles. The molecular formula is C21H21ClN2O2Si. The van der Waals surface area contributed by atoms with Crippen molar-refractivity contribution >= 4 is 27.0 Å². The summed E-state index contributed by atoms with van der Waals surface area (Å²) in [5.74, 6) is -0.202. The highest BCUT2D eigenvalue weighted by Gasteiger charge is 2.30. The van der Waals surface area contributed by atoms with Crippen LogP contribution in [0, 0.1) is 0 Å². The lowest BCUT2D eigenvalue weighted by Gasteiger charge is -2.39. The van der Waals surface area contributed by atoms with Gasteiger partial charge in [-0.3, -0.25) is 9.69 Å². The van der Waals surface area contributed by atoms with Crippen LogP contribution < -0.4 is 10.6 Å². The van der Waals surface area contributed by atoms with Crippen LogP contribution in [0.5, 0.6) is 5.75 Å². The normalized spacial score (nSPS) is 17.0. The van der Waals surface area contributed by atoms with E-state index in [2.05, 4.69) is 23.1 Å². The van der Waals surface area contributed by atoms with Crippen LogP contribution in [0.15, 0.2) is 65.6 Å². The first kappa shape index (κ1) is 18.0. The molecule has 1 N–H and O–H groups in total. The summed E-state index contributed by atoms with van der Waals surface area (Å²) in [6.07, 6.45) is 1.55. The second-order valence-electron chi connectivity index (χ2n) is 6.96. The minimum absolute atomic E-state index is 0.0643. The highest BCUT2D eigenvalue weighted by atomic mass is 35.5. The Labute approximate surface area is 166 Å². The van der Waals surface area contributed by atoms with Crippen LogP contribution in [0.25, 0.3) is 0 Å². The molecule has 2 heterocycles. The third kappa shape index (κ3) is 3.46. The molecular weight excluding hydrogens is 376 g/mol. The molecule has 3 aromatic rings. The molecule has 138 valence electrons. The molecule has 1 aliphatic rings. The summed E-state index contributed by atoms with van der Waals surface area (Å²) in [4.78, 5) is 14.5. The van der Waals surface area contributed by atoms with E-state index in [9.17, 15) is 9.90 Å². The molecule has 0 radical (unpaired) electrons. The van der Waals surface area contributed by atoms with E-state index < -0.39 is 0 Å². The van der Waals surface area contributed by atoms with Crippen LogP contribution in [0.3, 0.4) is 0 Å². The lowest BCUT2D eigenvalue weighted by atomic mass is 9.98. The fraction of sp³-hybridized carbons (Fsp3) is 0.190. The molecule has 4 rings (SSSR count). The number of rotatable bonds is 3. The van der Waals surface area contributed by atoms with E-state index in [1.807, 2.05) is 34.9 Å². The van der Waals surface area contributed by atoms with E-state index in [0.29, 0.717) is 6.54 Å². The zero-order valence-electron chi connectivity index (χ0n) is 15.1. The van der Waals surface area contributed by atoms with Crippen LogP contribution in [0.1, 0.15) is 22.9 Å². The zero-order valence-corrected chi connectivity index (χ0v) is 17.9. The largest absolute Gasteiger partial charge is 0.503 e. The molecule has 0 fully saturated rings. The monoisotopic (exact) mass is 396 g/mol. The zero-order chi connectivity index (χ0) is 19.0.